The lowest BCUT2D eigenvalue weighted by Gasteiger charge is -2.06. The first-order valence-electron chi connectivity index (χ1n) is 6.89. The van der Waals surface area contributed by atoms with Crippen molar-refractivity contribution in [2.75, 3.05) is 11.9 Å². The van der Waals surface area contributed by atoms with E-state index in [1.54, 1.807) is 17.6 Å². The molecule has 0 atom stereocenters. The lowest BCUT2D eigenvalue weighted by molar-refractivity contribution is -0.119. The molecule has 2 N–H and O–H groups in total. The van der Waals surface area contributed by atoms with E-state index in [0.29, 0.717) is 0 Å². The summed E-state index contributed by atoms with van der Waals surface area (Å²) in [5.74, 6) is -0.180. The Labute approximate surface area is 132 Å². The average molecular weight is 309 g/mol. The molecule has 3 aromatic rings. The van der Waals surface area contributed by atoms with Crippen LogP contribution in [0.1, 0.15) is 4.88 Å². The van der Waals surface area contributed by atoms with E-state index < -0.39 is 0 Å². The molecule has 0 aliphatic rings. The number of hydrogen-bond acceptors (Lipinski definition) is 4. The summed E-state index contributed by atoms with van der Waals surface area (Å²) in [7, 11) is 0. The van der Waals surface area contributed by atoms with Crippen LogP contribution in [0.5, 0.6) is 0 Å². The lowest BCUT2D eigenvalue weighted by Crippen LogP contribution is -2.25. The Morgan fingerprint density at radius 1 is 1.09 bits per heavy atom. The van der Waals surface area contributed by atoms with Crippen molar-refractivity contribution in [2.45, 2.75) is 0 Å². The van der Waals surface area contributed by atoms with Gasteiger partial charge in [0.1, 0.15) is 0 Å². The molecule has 0 saturated heterocycles. The van der Waals surface area contributed by atoms with E-state index >= 15 is 0 Å². The monoisotopic (exact) mass is 309 g/mol. The summed E-state index contributed by atoms with van der Waals surface area (Å²) < 4.78 is 0. The van der Waals surface area contributed by atoms with Gasteiger partial charge >= 0.3 is 0 Å². The highest BCUT2D eigenvalue weighted by Gasteiger charge is 2.00. The van der Waals surface area contributed by atoms with Gasteiger partial charge in [0.05, 0.1) is 12.8 Å². The fourth-order valence-electron chi connectivity index (χ4n) is 2.05. The summed E-state index contributed by atoms with van der Waals surface area (Å²) in [5.41, 5.74) is 3.42. The van der Waals surface area contributed by atoms with Crippen molar-refractivity contribution in [1.29, 1.82) is 0 Å². The second-order valence-corrected chi connectivity index (χ2v) is 5.70. The molecule has 1 heterocycles. The Morgan fingerprint density at radius 3 is 2.77 bits per heavy atom. The van der Waals surface area contributed by atoms with E-state index in [9.17, 15) is 4.79 Å². The molecule has 0 aliphatic carbocycles. The summed E-state index contributed by atoms with van der Waals surface area (Å²) in [5, 5.41) is 11.3. The molecule has 0 aliphatic heterocycles. The van der Waals surface area contributed by atoms with Crippen LogP contribution in [0.4, 0.5) is 5.69 Å². The Morgan fingerprint density at radius 2 is 1.95 bits per heavy atom. The van der Waals surface area contributed by atoms with Crippen LogP contribution in [-0.2, 0) is 4.79 Å². The molecule has 5 heteroatoms. The maximum atomic E-state index is 11.7. The third kappa shape index (κ3) is 3.71. The number of hydrogen-bond donors (Lipinski definition) is 2. The van der Waals surface area contributed by atoms with E-state index in [1.807, 2.05) is 53.9 Å². The first-order valence-corrected chi connectivity index (χ1v) is 7.77. The predicted molar refractivity (Wildman–Crippen MR) is 92.5 cm³/mol. The fourth-order valence-corrected chi connectivity index (χ4v) is 2.64. The van der Waals surface area contributed by atoms with E-state index in [0.717, 1.165) is 16.0 Å². The highest BCUT2D eigenvalue weighted by atomic mass is 32.1. The summed E-state index contributed by atoms with van der Waals surface area (Å²) in [6.45, 7) is 0.181. The molecule has 0 saturated carbocycles. The van der Waals surface area contributed by atoms with Crippen molar-refractivity contribution >= 4 is 39.9 Å². The molecule has 0 unspecified atom stereocenters. The van der Waals surface area contributed by atoms with Crippen LogP contribution in [0.15, 0.2) is 65.1 Å². The largest absolute Gasteiger partial charge is 0.376 e. The summed E-state index contributed by atoms with van der Waals surface area (Å²) >= 11 is 1.57. The Balaban J connectivity index is 1.53. The highest BCUT2D eigenvalue weighted by molar-refractivity contribution is 7.11. The minimum atomic E-state index is -0.180. The Hall–Kier alpha value is -2.66. The zero-order valence-corrected chi connectivity index (χ0v) is 12.6. The number of benzene rings is 2. The van der Waals surface area contributed by atoms with Gasteiger partial charge in [0, 0.05) is 10.6 Å². The van der Waals surface area contributed by atoms with Crippen molar-refractivity contribution in [3.8, 4) is 0 Å². The quantitative estimate of drug-likeness (QED) is 0.560. The highest BCUT2D eigenvalue weighted by Crippen LogP contribution is 2.18. The van der Waals surface area contributed by atoms with Gasteiger partial charge < -0.3 is 5.32 Å². The number of anilines is 1. The van der Waals surface area contributed by atoms with Gasteiger partial charge in [-0.15, -0.1) is 11.3 Å². The molecule has 0 radical (unpaired) electrons. The van der Waals surface area contributed by atoms with Crippen LogP contribution in [0.25, 0.3) is 10.8 Å². The second-order valence-electron chi connectivity index (χ2n) is 4.72. The number of nitrogens with one attached hydrogen (secondary N) is 2. The minimum absolute atomic E-state index is 0.180. The molecule has 1 amide bonds. The van der Waals surface area contributed by atoms with Crippen molar-refractivity contribution in [1.82, 2.24) is 5.43 Å². The van der Waals surface area contributed by atoms with Crippen LogP contribution in [0.2, 0.25) is 0 Å². The maximum Gasteiger partial charge on any atom is 0.259 e. The van der Waals surface area contributed by atoms with Gasteiger partial charge in [0.2, 0.25) is 0 Å². The molecular weight excluding hydrogens is 294 g/mol. The molecule has 22 heavy (non-hydrogen) atoms. The number of rotatable bonds is 5. The van der Waals surface area contributed by atoms with Crippen molar-refractivity contribution in [3.05, 3.63) is 64.9 Å². The average Bonchev–Trinajstić information content (AvgIpc) is 3.06. The SMILES string of the molecule is O=C(CNc1ccc2ccccc2c1)N/N=C/c1cccs1. The number of carbonyl (C=O) groups is 1. The van der Waals surface area contributed by atoms with Gasteiger partial charge in [0.15, 0.2) is 0 Å². The van der Waals surface area contributed by atoms with Crippen molar-refractivity contribution < 1.29 is 4.79 Å². The fraction of sp³-hybridized carbons (Fsp3) is 0.0588. The van der Waals surface area contributed by atoms with Gasteiger partial charge in [-0.2, -0.15) is 5.10 Å². The third-order valence-electron chi connectivity index (χ3n) is 3.13. The molecule has 0 bridgehead atoms. The van der Waals surface area contributed by atoms with Gasteiger partial charge in [-0.05, 0) is 34.4 Å². The summed E-state index contributed by atoms with van der Waals surface area (Å²) in [4.78, 5) is 12.7. The van der Waals surface area contributed by atoms with Gasteiger partial charge in [0.25, 0.3) is 5.91 Å². The number of fused-ring (bicyclic) bond motifs is 1. The normalized spacial score (nSPS) is 10.9. The predicted octanol–water partition coefficient (Wildman–Crippen LogP) is 3.46. The van der Waals surface area contributed by atoms with E-state index in [1.165, 1.54) is 5.39 Å². The van der Waals surface area contributed by atoms with Crippen LogP contribution < -0.4 is 10.7 Å². The standard InChI is InChI=1S/C17H15N3OS/c21-17(20-19-11-16-6-3-9-22-16)12-18-15-8-7-13-4-1-2-5-14(13)10-15/h1-11,18H,12H2,(H,20,21)/b19-11+. The van der Waals surface area contributed by atoms with Crippen LogP contribution in [-0.4, -0.2) is 18.7 Å². The maximum absolute atomic E-state index is 11.7. The molecular formula is C17H15N3OS. The number of carbonyl (C=O) groups excluding carboxylic acids is 1. The lowest BCUT2D eigenvalue weighted by atomic mass is 10.1. The number of thiophene rings is 1. The van der Waals surface area contributed by atoms with Gasteiger partial charge in [-0.25, -0.2) is 5.43 Å². The van der Waals surface area contributed by atoms with Crippen LogP contribution >= 0.6 is 11.3 Å². The van der Waals surface area contributed by atoms with Gasteiger partial charge in [-0.1, -0.05) is 36.4 Å². The second kappa shape index (κ2) is 6.87. The van der Waals surface area contributed by atoms with E-state index in [4.69, 9.17) is 0 Å². The van der Waals surface area contributed by atoms with Crippen molar-refractivity contribution in [2.24, 2.45) is 5.10 Å². The molecule has 0 fully saturated rings. The third-order valence-corrected chi connectivity index (χ3v) is 3.93. The smallest absolute Gasteiger partial charge is 0.259 e. The van der Waals surface area contributed by atoms with E-state index in [-0.39, 0.29) is 12.5 Å². The number of hydrazone groups is 1. The van der Waals surface area contributed by atoms with E-state index in [2.05, 4.69) is 21.9 Å². The summed E-state index contributed by atoms with van der Waals surface area (Å²) in [6.07, 6.45) is 1.64. The molecule has 4 nitrogen and oxygen atoms in total. The Kier molecular flexibility index (Phi) is 4.46. The molecule has 3 rings (SSSR count). The molecule has 110 valence electrons. The minimum Gasteiger partial charge on any atom is -0.376 e. The molecule has 0 spiro atoms. The first kappa shape index (κ1) is 14.3. The topological polar surface area (TPSA) is 53.5 Å². The van der Waals surface area contributed by atoms with Crippen LogP contribution in [0, 0.1) is 0 Å². The zero-order chi connectivity index (χ0) is 15.2. The Bertz CT molecular complexity index is 797. The number of nitrogens with zero attached hydrogens (tertiary/aromatic N) is 1. The summed E-state index contributed by atoms with van der Waals surface area (Å²) in [6, 6.07) is 18.0. The first-order chi connectivity index (χ1) is 10.8. The zero-order valence-electron chi connectivity index (χ0n) is 11.8. The van der Waals surface area contributed by atoms with Crippen molar-refractivity contribution in [3.63, 3.8) is 0 Å². The molecule has 1 aromatic heterocycles. The van der Waals surface area contributed by atoms with Crippen LogP contribution in [0.3, 0.4) is 0 Å². The van der Waals surface area contributed by atoms with Gasteiger partial charge in [-0.3, -0.25) is 4.79 Å². The number of amides is 1. The molecule has 2 aromatic carbocycles.